The Morgan fingerprint density at radius 2 is 2.55 bits per heavy atom. The van der Waals surface area contributed by atoms with E-state index in [0.29, 0.717) is 11.7 Å². The van der Waals surface area contributed by atoms with E-state index >= 15 is 0 Å². The van der Waals surface area contributed by atoms with E-state index in [9.17, 15) is 10.1 Å². The van der Waals surface area contributed by atoms with Crippen molar-refractivity contribution in [3.05, 3.63) is 50.1 Å². The minimum absolute atomic E-state index is 0.129. The first-order valence-corrected chi connectivity index (χ1v) is 8.29. The van der Waals surface area contributed by atoms with E-state index in [4.69, 9.17) is 4.74 Å². The van der Waals surface area contributed by atoms with Crippen LogP contribution in [-0.4, -0.2) is 42.7 Å². The van der Waals surface area contributed by atoms with Gasteiger partial charge in [0.1, 0.15) is 0 Å². The number of hydrogen-bond acceptors (Lipinski definition) is 6. The van der Waals surface area contributed by atoms with E-state index in [-0.39, 0.29) is 10.6 Å². The van der Waals surface area contributed by atoms with Crippen molar-refractivity contribution in [1.29, 1.82) is 0 Å². The lowest BCUT2D eigenvalue weighted by Crippen LogP contribution is -2.29. The van der Waals surface area contributed by atoms with Crippen LogP contribution in [0.25, 0.3) is 6.08 Å². The number of nitrogens with one attached hydrogen (secondary N) is 1. The van der Waals surface area contributed by atoms with Crippen LogP contribution in [0, 0.1) is 16.0 Å². The fourth-order valence-corrected chi connectivity index (χ4v) is 3.40. The number of nitro groups is 1. The van der Waals surface area contributed by atoms with E-state index in [1.807, 2.05) is 17.5 Å². The highest BCUT2D eigenvalue weighted by molar-refractivity contribution is 7.10. The summed E-state index contributed by atoms with van der Waals surface area (Å²) in [6, 6.07) is 3.88. The lowest BCUT2D eigenvalue weighted by molar-refractivity contribution is -0.421. The van der Waals surface area contributed by atoms with Crippen molar-refractivity contribution in [2.24, 2.45) is 5.92 Å². The van der Waals surface area contributed by atoms with Crippen LogP contribution in [0.2, 0.25) is 0 Å². The molecular formula is C15H19N3O3S. The molecule has 1 aromatic rings. The smallest absolute Gasteiger partial charge is 0.309 e. The molecule has 2 fully saturated rings. The average molecular weight is 321 g/mol. The molecule has 0 spiro atoms. The Hall–Kier alpha value is -1.86. The van der Waals surface area contributed by atoms with Crippen molar-refractivity contribution in [3.63, 3.8) is 0 Å². The number of nitrogens with zero attached hydrogens (tertiary/aromatic N) is 2. The quantitative estimate of drug-likeness (QED) is 0.665. The molecule has 1 N–H and O–H groups in total. The van der Waals surface area contributed by atoms with Gasteiger partial charge in [0.05, 0.1) is 11.5 Å². The number of thiophene rings is 1. The second-order valence-electron chi connectivity index (χ2n) is 5.44. The normalized spacial score (nSPS) is 24.0. The third-order valence-corrected chi connectivity index (χ3v) is 4.72. The highest BCUT2D eigenvalue weighted by atomic mass is 32.1. The largest absolute Gasteiger partial charge is 0.381 e. The molecule has 1 atom stereocenters. The molecule has 118 valence electrons. The monoisotopic (exact) mass is 321 g/mol. The SMILES string of the molecule is O=[N+]([O-])C(/C=C/c1cccs1)=C1\NCCN1CC1CCOC1. The van der Waals surface area contributed by atoms with Crippen LogP contribution in [0.3, 0.4) is 0 Å². The first-order chi connectivity index (χ1) is 10.7. The third-order valence-electron chi connectivity index (χ3n) is 3.88. The van der Waals surface area contributed by atoms with Gasteiger partial charge in [-0.2, -0.15) is 0 Å². The fraction of sp³-hybridized carbons (Fsp3) is 0.467. The van der Waals surface area contributed by atoms with Gasteiger partial charge < -0.3 is 15.0 Å². The summed E-state index contributed by atoms with van der Waals surface area (Å²) in [5.74, 6) is 1.09. The molecule has 1 unspecified atom stereocenters. The molecule has 6 nitrogen and oxygen atoms in total. The van der Waals surface area contributed by atoms with E-state index in [1.54, 1.807) is 23.5 Å². The summed E-state index contributed by atoms with van der Waals surface area (Å²) in [7, 11) is 0. The zero-order chi connectivity index (χ0) is 15.4. The number of ether oxygens (including phenoxy) is 1. The van der Waals surface area contributed by atoms with Gasteiger partial charge in [0.2, 0.25) is 0 Å². The molecule has 0 radical (unpaired) electrons. The molecule has 0 saturated carbocycles. The standard InChI is InChI=1S/C15H19N3O3S/c19-18(20)14(4-3-13-2-1-9-22-13)15-16-6-7-17(15)10-12-5-8-21-11-12/h1-4,9,12,16H,5-8,10-11H2/b4-3+,15-14+. The Kier molecular flexibility index (Phi) is 4.74. The minimum atomic E-state index is -0.310. The van der Waals surface area contributed by atoms with Gasteiger partial charge in [-0.1, -0.05) is 6.07 Å². The molecule has 2 aliphatic rings. The Bertz CT molecular complexity index is 577. The Morgan fingerprint density at radius 3 is 3.23 bits per heavy atom. The first kappa shape index (κ1) is 15.1. The van der Waals surface area contributed by atoms with Crippen LogP contribution in [-0.2, 0) is 4.74 Å². The van der Waals surface area contributed by atoms with Gasteiger partial charge in [0, 0.05) is 43.1 Å². The highest BCUT2D eigenvalue weighted by Crippen LogP contribution is 2.21. The third kappa shape index (κ3) is 3.48. The molecule has 3 rings (SSSR count). The molecule has 0 aromatic carbocycles. The van der Waals surface area contributed by atoms with Gasteiger partial charge in [0.15, 0.2) is 5.82 Å². The Labute approximate surface area is 133 Å². The summed E-state index contributed by atoms with van der Waals surface area (Å²) in [6.45, 7) is 3.91. The molecule has 7 heteroatoms. The van der Waals surface area contributed by atoms with E-state index in [2.05, 4.69) is 10.2 Å². The fourth-order valence-electron chi connectivity index (χ4n) is 2.78. The minimum Gasteiger partial charge on any atom is -0.381 e. The summed E-state index contributed by atoms with van der Waals surface area (Å²) in [5.41, 5.74) is 0.129. The average Bonchev–Trinajstić information content (AvgIpc) is 3.22. The number of rotatable bonds is 5. The maximum atomic E-state index is 11.4. The maximum absolute atomic E-state index is 11.4. The van der Waals surface area contributed by atoms with E-state index in [0.717, 1.165) is 44.1 Å². The van der Waals surface area contributed by atoms with Crippen LogP contribution < -0.4 is 5.32 Å². The lowest BCUT2D eigenvalue weighted by Gasteiger charge is -2.21. The van der Waals surface area contributed by atoms with E-state index in [1.165, 1.54) is 0 Å². The summed E-state index contributed by atoms with van der Waals surface area (Å²) < 4.78 is 5.40. The molecule has 2 saturated heterocycles. The zero-order valence-corrected chi connectivity index (χ0v) is 13.1. The first-order valence-electron chi connectivity index (χ1n) is 7.41. The van der Waals surface area contributed by atoms with Crippen LogP contribution in [0.15, 0.2) is 35.1 Å². The van der Waals surface area contributed by atoms with Crippen molar-refractivity contribution in [2.75, 3.05) is 32.8 Å². The van der Waals surface area contributed by atoms with Crippen molar-refractivity contribution in [1.82, 2.24) is 10.2 Å². The summed E-state index contributed by atoms with van der Waals surface area (Å²) >= 11 is 1.56. The molecule has 3 heterocycles. The second kappa shape index (κ2) is 6.93. The van der Waals surface area contributed by atoms with Gasteiger partial charge in [-0.25, -0.2) is 0 Å². The van der Waals surface area contributed by atoms with E-state index < -0.39 is 0 Å². The van der Waals surface area contributed by atoms with Gasteiger partial charge >= 0.3 is 5.70 Å². The Balaban J connectivity index is 1.79. The molecule has 0 amide bonds. The summed E-state index contributed by atoms with van der Waals surface area (Å²) in [5, 5.41) is 16.6. The van der Waals surface area contributed by atoms with Gasteiger partial charge in [-0.15, -0.1) is 11.3 Å². The van der Waals surface area contributed by atoms with Crippen LogP contribution in [0.5, 0.6) is 0 Å². The van der Waals surface area contributed by atoms with Gasteiger partial charge in [0.25, 0.3) is 0 Å². The number of allylic oxidation sites excluding steroid dienone is 1. The molecule has 0 aliphatic carbocycles. The van der Waals surface area contributed by atoms with Crippen LogP contribution in [0.1, 0.15) is 11.3 Å². The van der Waals surface area contributed by atoms with Crippen molar-refractivity contribution >= 4 is 17.4 Å². The zero-order valence-electron chi connectivity index (χ0n) is 12.2. The molecule has 22 heavy (non-hydrogen) atoms. The predicted octanol–water partition coefficient (Wildman–Crippen LogP) is 2.15. The molecule has 1 aromatic heterocycles. The lowest BCUT2D eigenvalue weighted by atomic mass is 10.1. The maximum Gasteiger partial charge on any atom is 0.309 e. The molecule has 2 aliphatic heterocycles. The number of hydrogen-bond donors (Lipinski definition) is 1. The molecular weight excluding hydrogens is 302 g/mol. The predicted molar refractivity (Wildman–Crippen MR) is 85.9 cm³/mol. The van der Waals surface area contributed by atoms with Crippen LogP contribution in [0.4, 0.5) is 0 Å². The summed E-state index contributed by atoms with van der Waals surface area (Å²) in [4.78, 5) is 14.2. The summed E-state index contributed by atoms with van der Waals surface area (Å²) in [6.07, 6.45) is 4.42. The molecule has 0 bridgehead atoms. The second-order valence-corrected chi connectivity index (χ2v) is 6.42. The van der Waals surface area contributed by atoms with Crippen molar-refractivity contribution in [3.8, 4) is 0 Å². The highest BCUT2D eigenvalue weighted by Gasteiger charge is 2.29. The Morgan fingerprint density at radius 1 is 1.64 bits per heavy atom. The van der Waals surface area contributed by atoms with Gasteiger partial charge in [-0.3, -0.25) is 10.1 Å². The van der Waals surface area contributed by atoms with Crippen molar-refractivity contribution in [2.45, 2.75) is 6.42 Å². The van der Waals surface area contributed by atoms with Gasteiger partial charge in [-0.05, 0) is 23.9 Å². The topological polar surface area (TPSA) is 67.6 Å². The van der Waals surface area contributed by atoms with Crippen LogP contribution >= 0.6 is 11.3 Å². The van der Waals surface area contributed by atoms with Crippen molar-refractivity contribution < 1.29 is 9.66 Å².